The number of carbonyl (C=O) groups is 1. The van der Waals surface area contributed by atoms with Crippen molar-refractivity contribution in [1.82, 2.24) is 10.3 Å². The molecule has 0 bridgehead atoms. The van der Waals surface area contributed by atoms with Crippen LogP contribution in [-0.2, 0) is 12.4 Å². The molecule has 0 aliphatic heterocycles. The van der Waals surface area contributed by atoms with Gasteiger partial charge in [-0.05, 0) is 29.1 Å². The number of amides is 1. The summed E-state index contributed by atoms with van der Waals surface area (Å²) in [7, 11) is 0. The molecule has 4 nitrogen and oxygen atoms in total. The summed E-state index contributed by atoms with van der Waals surface area (Å²) in [5.41, 5.74) is 6.81. The van der Waals surface area contributed by atoms with E-state index < -0.39 is 0 Å². The van der Waals surface area contributed by atoms with Crippen molar-refractivity contribution in [3.8, 4) is 0 Å². The van der Waals surface area contributed by atoms with Gasteiger partial charge in [0.15, 0.2) is 0 Å². The molecule has 0 saturated carbocycles. The third kappa shape index (κ3) is 3.42. The molecule has 0 aliphatic rings. The van der Waals surface area contributed by atoms with Crippen LogP contribution in [0.3, 0.4) is 0 Å². The van der Waals surface area contributed by atoms with Crippen LogP contribution >= 0.6 is 34.5 Å². The number of nitrogens with one attached hydrogen (secondary N) is 1. The number of pyridine rings is 1. The highest BCUT2D eigenvalue weighted by atomic mass is 35.5. The minimum atomic E-state index is -0.164. The Labute approximate surface area is 147 Å². The number of rotatable bonds is 4. The van der Waals surface area contributed by atoms with E-state index in [4.69, 9.17) is 28.9 Å². The Morgan fingerprint density at radius 2 is 2.13 bits per heavy atom. The first-order valence-corrected chi connectivity index (χ1v) is 8.57. The van der Waals surface area contributed by atoms with E-state index in [2.05, 4.69) is 10.3 Å². The third-order valence-corrected chi connectivity index (χ3v) is 5.42. The lowest BCUT2D eigenvalue weighted by molar-refractivity contribution is 0.0955. The number of fused-ring (bicyclic) bond motifs is 1. The van der Waals surface area contributed by atoms with Crippen LogP contribution in [0.2, 0.25) is 5.02 Å². The first kappa shape index (κ1) is 16.1. The van der Waals surface area contributed by atoms with Crippen LogP contribution in [-0.4, -0.2) is 10.9 Å². The molecule has 0 fully saturated rings. The summed E-state index contributed by atoms with van der Waals surface area (Å²) in [5, 5.41) is 5.31. The first-order valence-electron chi connectivity index (χ1n) is 6.84. The van der Waals surface area contributed by atoms with Crippen LogP contribution < -0.4 is 11.1 Å². The number of nitrogens with two attached hydrogens (primary N) is 1. The van der Waals surface area contributed by atoms with Crippen LogP contribution in [0.5, 0.6) is 0 Å². The second-order valence-electron chi connectivity index (χ2n) is 4.95. The number of alkyl halides is 1. The molecular weight excluding hydrogens is 353 g/mol. The SMILES string of the molecule is Nc1nccc2cc(CNC(=O)c3cc(Cl)c(CCl)s3)ccc12. The Morgan fingerprint density at radius 1 is 1.30 bits per heavy atom. The van der Waals surface area contributed by atoms with E-state index in [0.29, 0.717) is 28.1 Å². The fraction of sp³-hybridized carbons (Fsp3) is 0.125. The topological polar surface area (TPSA) is 68.0 Å². The highest BCUT2D eigenvalue weighted by Gasteiger charge is 2.13. The monoisotopic (exact) mass is 365 g/mol. The predicted molar refractivity (Wildman–Crippen MR) is 96.2 cm³/mol. The number of hydrogen-bond donors (Lipinski definition) is 2. The van der Waals surface area contributed by atoms with Gasteiger partial charge in [-0.1, -0.05) is 23.7 Å². The maximum atomic E-state index is 12.2. The molecule has 3 rings (SSSR count). The molecule has 1 aromatic carbocycles. The Kier molecular flexibility index (Phi) is 4.71. The van der Waals surface area contributed by atoms with Gasteiger partial charge < -0.3 is 11.1 Å². The van der Waals surface area contributed by atoms with Crippen molar-refractivity contribution >= 4 is 57.0 Å². The molecule has 3 aromatic rings. The molecule has 1 amide bonds. The molecule has 0 radical (unpaired) electrons. The molecule has 2 aromatic heterocycles. The van der Waals surface area contributed by atoms with Gasteiger partial charge in [0, 0.05) is 23.0 Å². The summed E-state index contributed by atoms with van der Waals surface area (Å²) in [6.07, 6.45) is 1.67. The summed E-state index contributed by atoms with van der Waals surface area (Å²) in [6.45, 7) is 0.419. The van der Waals surface area contributed by atoms with Gasteiger partial charge in [0.05, 0.1) is 15.8 Å². The molecule has 2 heterocycles. The van der Waals surface area contributed by atoms with E-state index in [9.17, 15) is 4.79 Å². The Bertz CT molecular complexity index is 879. The van der Waals surface area contributed by atoms with E-state index in [1.54, 1.807) is 12.3 Å². The highest BCUT2D eigenvalue weighted by molar-refractivity contribution is 7.14. The average Bonchev–Trinajstić information content (AvgIpc) is 2.94. The van der Waals surface area contributed by atoms with Gasteiger partial charge in [-0.2, -0.15) is 0 Å². The molecule has 0 saturated heterocycles. The summed E-state index contributed by atoms with van der Waals surface area (Å²) >= 11 is 13.1. The van der Waals surface area contributed by atoms with Crippen molar-refractivity contribution in [3.63, 3.8) is 0 Å². The zero-order valence-corrected chi connectivity index (χ0v) is 14.3. The Morgan fingerprint density at radius 3 is 2.87 bits per heavy atom. The normalized spacial score (nSPS) is 10.9. The molecule has 118 valence electrons. The smallest absolute Gasteiger partial charge is 0.261 e. The highest BCUT2D eigenvalue weighted by Crippen LogP contribution is 2.28. The lowest BCUT2D eigenvalue weighted by Gasteiger charge is -2.06. The van der Waals surface area contributed by atoms with E-state index in [0.717, 1.165) is 21.2 Å². The van der Waals surface area contributed by atoms with Crippen molar-refractivity contribution in [2.24, 2.45) is 0 Å². The summed E-state index contributed by atoms with van der Waals surface area (Å²) in [6, 6.07) is 9.35. The predicted octanol–water partition coefficient (Wildman–Crippen LogP) is 4.20. The van der Waals surface area contributed by atoms with Gasteiger partial charge in [-0.15, -0.1) is 22.9 Å². The number of halogens is 2. The minimum Gasteiger partial charge on any atom is -0.383 e. The molecule has 23 heavy (non-hydrogen) atoms. The fourth-order valence-corrected chi connectivity index (χ4v) is 3.79. The number of nitrogens with zero attached hydrogens (tertiary/aromatic N) is 1. The van der Waals surface area contributed by atoms with Crippen LogP contribution in [0.15, 0.2) is 36.5 Å². The first-order chi connectivity index (χ1) is 11.1. The maximum Gasteiger partial charge on any atom is 0.261 e. The van der Waals surface area contributed by atoms with Crippen molar-refractivity contribution in [2.45, 2.75) is 12.4 Å². The zero-order chi connectivity index (χ0) is 16.4. The zero-order valence-electron chi connectivity index (χ0n) is 12.0. The van der Waals surface area contributed by atoms with Crippen LogP contribution in [0.4, 0.5) is 5.82 Å². The van der Waals surface area contributed by atoms with Gasteiger partial charge in [0.1, 0.15) is 5.82 Å². The molecule has 0 spiro atoms. The Balaban J connectivity index is 1.73. The number of hydrogen-bond acceptors (Lipinski definition) is 4. The standard InChI is InChI=1S/C16H13Cl2N3OS/c17-7-14-12(18)6-13(23-14)16(22)21-8-9-1-2-11-10(5-9)3-4-20-15(11)19/h1-6H,7-8H2,(H2,19,20)(H,21,22). The van der Waals surface area contributed by atoms with Crippen LogP contribution in [0.25, 0.3) is 10.8 Å². The van der Waals surface area contributed by atoms with Crippen molar-refractivity contribution in [1.29, 1.82) is 0 Å². The second-order valence-corrected chi connectivity index (χ2v) is 6.76. The minimum absolute atomic E-state index is 0.164. The lowest BCUT2D eigenvalue weighted by Crippen LogP contribution is -2.21. The third-order valence-electron chi connectivity index (χ3n) is 3.42. The summed E-state index contributed by atoms with van der Waals surface area (Å²) in [4.78, 5) is 17.6. The van der Waals surface area contributed by atoms with E-state index in [-0.39, 0.29) is 5.91 Å². The molecule has 0 unspecified atom stereocenters. The van der Waals surface area contributed by atoms with Crippen molar-refractivity contribution in [3.05, 3.63) is 56.9 Å². The van der Waals surface area contributed by atoms with Gasteiger partial charge >= 0.3 is 0 Å². The molecule has 3 N–H and O–H groups in total. The molecule has 0 aliphatic carbocycles. The van der Waals surface area contributed by atoms with Gasteiger partial charge in [0.2, 0.25) is 0 Å². The number of anilines is 1. The van der Waals surface area contributed by atoms with E-state index >= 15 is 0 Å². The number of aromatic nitrogens is 1. The molecule has 0 atom stereocenters. The van der Waals surface area contributed by atoms with Crippen LogP contribution in [0, 0.1) is 0 Å². The summed E-state index contributed by atoms with van der Waals surface area (Å²) < 4.78 is 0. The number of carbonyl (C=O) groups excluding carboxylic acids is 1. The van der Waals surface area contributed by atoms with Gasteiger partial charge in [0.25, 0.3) is 5.91 Å². The fourth-order valence-electron chi connectivity index (χ4n) is 2.24. The van der Waals surface area contributed by atoms with Crippen LogP contribution in [0.1, 0.15) is 20.1 Å². The number of benzene rings is 1. The maximum absolute atomic E-state index is 12.2. The van der Waals surface area contributed by atoms with E-state index in [1.807, 2.05) is 24.3 Å². The van der Waals surface area contributed by atoms with Gasteiger partial charge in [-0.25, -0.2) is 4.98 Å². The van der Waals surface area contributed by atoms with E-state index in [1.165, 1.54) is 11.3 Å². The summed E-state index contributed by atoms with van der Waals surface area (Å²) in [5.74, 6) is 0.638. The van der Waals surface area contributed by atoms with Crippen molar-refractivity contribution < 1.29 is 4.79 Å². The molecule has 7 heteroatoms. The second kappa shape index (κ2) is 6.74. The Hall–Kier alpha value is -1.82. The largest absolute Gasteiger partial charge is 0.383 e. The van der Waals surface area contributed by atoms with Gasteiger partial charge in [-0.3, -0.25) is 4.79 Å². The number of thiophene rings is 1. The quantitative estimate of drug-likeness (QED) is 0.680. The average molecular weight is 366 g/mol. The lowest BCUT2D eigenvalue weighted by atomic mass is 10.1. The number of nitrogen functional groups attached to an aromatic ring is 1. The molecular formula is C16H13Cl2N3OS. The van der Waals surface area contributed by atoms with Crippen molar-refractivity contribution in [2.75, 3.05) is 5.73 Å².